The number of aromatic nitrogens is 2. The third kappa shape index (κ3) is 3.08. The van der Waals surface area contributed by atoms with E-state index in [4.69, 9.17) is 17.0 Å². The molecule has 7 heteroatoms. The van der Waals surface area contributed by atoms with E-state index in [1.54, 1.807) is 20.8 Å². The molecule has 0 aromatic carbocycles. The van der Waals surface area contributed by atoms with Crippen molar-refractivity contribution in [3.05, 3.63) is 26.1 Å². The second kappa shape index (κ2) is 6.11. The summed E-state index contributed by atoms with van der Waals surface area (Å²) in [7, 11) is 0. The fraction of sp³-hybridized carbons (Fsp3) is 0.500. The van der Waals surface area contributed by atoms with Crippen molar-refractivity contribution in [3.8, 4) is 0 Å². The zero-order valence-corrected chi connectivity index (χ0v) is 14.1. The van der Waals surface area contributed by atoms with E-state index in [1.165, 1.54) is 15.9 Å². The summed E-state index contributed by atoms with van der Waals surface area (Å²) in [5.74, 6) is -0.461. The van der Waals surface area contributed by atoms with Gasteiger partial charge in [0.1, 0.15) is 10.9 Å². The number of ether oxygens (including phenoxy) is 1. The minimum absolute atomic E-state index is 0.232. The topological polar surface area (TPSA) is 64.1 Å². The third-order valence-corrected chi connectivity index (χ3v) is 4.59. The summed E-state index contributed by atoms with van der Waals surface area (Å²) in [6, 6.07) is 1.10. The Hall–Kier alpha value is -1.47. The molecule has 0 saturated carbocycles. The van der Waals surface area contributed by atoms with Crippen LogP contribution >= 0.6 is 23.6 Å². The van der Waals surface area contributed by atoms with Gasteiger partial charge in [-0.1, -0.05) is 6.92 Å². The Morgan fingerprint density at radius 2 is 2.14 bits per heavy atom. The van der Waals surface area contributed by atoms with Crippen LogP contribution in [-0.4, -0.2) is 21.6 Å². The number of thiophene rings is 1. The minimum atomic E-state index is -0.752. The highest BCUT2D eigenvalue weighted by Gasteiger charge is 2.21. The van der Waals surface area contributed by atoms with E-state index >= 15 is 0 Å². The average molecular weight is 326 g/mol. The fourth-order valence-corrected chi connectivity index (χ4v) is 3.43. The number of H-pyrrole nitrogens is 1. The molecule has 0 aliphatic heterocycles. The fourth-order valence-electron chi connectivity index (χ4n) is 2.04. The van der Waals surface area contributed by atoms with Crippen LogP contribution in [0.2, 0.25) is 0 Å². The van der Waals surface area contributed by atoms with Gasteiger partial charge < -0.3 is 9.72 Å². The number of carbonyl (C=O) groups excluding carboxylic acids is 1. The largest absolute Gasteiger partial charge is 0.461 e. The van der Waals surface area contributed by atoms with Gasteiger partial charge in [0.2, 0.25) is 0 Å². The molecular formula is C14H18N2O3S2. The van der Waals surface area contributed by atoms with Crippen LogP contribution in [0, 0.1) is 4.77 Å². The second-order valence-electron chi connectivity index (χ2n) is 5.08. The summed E-state index contributed by atoms with van der Waals surface area (Å²) in [4.78, 5) is 29.5. The van der Waals surface area contributed by atoms with E-state index < -0.39 is 12.0 Å². The number of hydrogen-bond donors (Lipinski definition) is 1. The van der Waals surface area contributed by atoms with Crippen molar-refractivity contribution >= 4 is 39.7 Å². The number of nitrogens with zero attached hydrogens (tertiary/aromatic N) is 1. The maximum atomic E-state index is 12.6. The normalized spacial score (nSPS) is 12.8. The number of esters is 1. The van der Waals surface area contributed by atoms with Gasteiger partial charge in [0, 0.05) is 4.88 Å². The van der Waals surface area contributed by atoms with Crippen molar-refractivity contribution in [1.82, 2.24) is 9.55 Å². The minimum Gasteiger partial charge on any atom is -0.461 e. The van der Waals surface area contributed by atoms with E-state index in [-0.39, 0.29) is 16.4 Å². The highest BCUT2D eigenvalue weighted by molar-refractivity contribution is 7.71. The molecule has 0 aliphatic rings. The number of nitrogens with one attached hydrogen (secondary N) is 1. The van der Waals surface area contributed by atoms with Gasteiger partial charge in [-0.25, -0.2) is 4.79 Å². The predicted molar refractivity (Wildman–Crippen MR) is 86.6 cm³/mol. The molecule has 1 atom stereocenters. The van der Waals surface area contributed by atoms with Crippen LogP contribution in [0.15, 0.2) is 10.9 Å². The third-order valence-electron chi connectivity index (χ3n) is 3.10. The number of hydrogen-bond acceptors (Lipinski definition) is 5. The monoisotopic (exact) mass is 326 g/mol. The van der Waals surface area contributed by atoms with Crippen molar-refractivity contribution in [3.63, 3.8) is 0 Å². The van der Waals surface area contributed by atoms with Gasteiger partial charge in [-0.2, -0.15) is 0 Å². The number of rotatable bonds is 4. The van der Waals surface area contributed by atoms with E-state index in [0.29, 0.717) is 5.39 Å². The molecule has 0 radical (unpaired) electrons. The Bertz CT molecular complexity index is 786. The van der Waals surface area contributed by atoms with E-state index in [1.807, 2.05) is 13.0 Å². The first-order valence-electron chi connectivity index (χ1n) is 6.82. The molecule has 21 heavy (non-hydrogen) atoms. The number of aryl methyl sites for hydroxylation is 1. The van der Waals surface area contributed by atoms with Crippen molar-refractivity contribution in [2.75, 3.05) is 0 Å². The van der Waals surface area contributed by atoms with Crippen LogP contribution in [0.3, 0.4) is 0 Å². The standard InChI is InChI=1S/C14H18N2O3S2/c1-5-9-6-10-11(21-9)15-14(20)16(12(10)17)8(4)13(18)19-7(2)3/h6-8H,5H2,1-4H3,(H,15,20). The molecule has 114 valence electrons. The van der Waals surface area contributed by atoms with Crippen molar-refractivity contribution in [2.24, 2.45) is 0 Å². The zero-order valence-electron chi connectivity index (χ0n) is 12.4. The molecule has 2 heterocycles. The van der Waals surface area contributed by atoms with Gasteiger partial charge >= 0.3 is 5.97 Å². The molecule has 1 unspecified atom stereocenters. The Kier molecular flexibility index (Phi) is 4.63. The smallest absolute Gasteiger partial charge is 0.329 e. The van der Waals surface area contributed by atoms with E-state index in [0.717, 1.165) is 16.1 Å². The predicted octanol–water partition coefficient (Wildman–Crippen LogP) is 3.20. The Balaban J connectivity index is 2.56. The first-order chi connectivity index (χ1) is 9.85. The van der Waals surface area contributed by atoms with E-state index in [9.17, 15) is 9.59 Å². The quantitative estimate of drug-likeness (QED) is 0.692. The van der Waals surface area contributed by atoms with Crippen molar-refractivity contribution in [1.29, 1.82) is 0 Å². The molecule has 0 aliphatic carbocycles. The number of fused-ring (bicyclic) bond motifs is 1. The van der Waals surface area contributed by atoms with Gasteiger partial charge in [0.25, 0.3) is 5.56 Å². The lowest BCUT2D eigenvalue weighted by atomic mass is 10.3. The molecule has 0 spiro atoms. The molecule has 2 aromatic heterocycles. The molecule has 0 bridgehead atoms. The maximum Gasteiger partial charge on any atom is 0.329 e. The first-order valence-corrected chi connectivity index (χ1v) is 8.05. The molecule has 2 aromatic rings. The summed E-state index contributed by atoms with van der Waals surface area (Å²) in [5, 5.41) is 0.564. The van der Waals surface area contributed by atoms with Gasteiger partial charge in [-0.05, 0) is 45.5 Å². The lowest BCUT2D eigenvalue weighted by molar-refractivity contribution is -0.151. The Labute approximate surface area is 131 Å². The van der Waals surface area contributed by atoms with Crippen LogP contribution in [0.5, 0.6) is 0 Å². The van der Waals surface area contributed by atoms with Gasteiger partial charge in [-0.3, -0.25) is 9.36 Å². The SMILES string of the molecule is CCc1cc2c(=O)n(C(C)C(=O)OC(C)C)c(=S)[nH]c2s1. The first kappa shape index (κ1) is 15.9. The van der Waals surface area contributed by atoms with Crippen LogP contribution in [0.25, 0.3) is 10.2 Å². The van der Waals surface area contributed by atoms with Gasteiger partial charge in [0.15, 0.2) is 4.77 Å². The van der Waals surface area contributed by atoms with Crippen molar-refractivity contribution in [2.45, 2.75) is 46.3 Å². The molecular weight excluding hydrogens is 308 g/mol. The average Bonchev–Trinajstić information content (AvgIpc) is 2.81. The van der Waals surface area contributed by atoms with Crippen LogP contribution in [0.1, 0.15) is 38.6 Å². The molecule has 0 amide bonds. The maximum absolute atomic E-state index is 12.6. The Morgan fingerprint density at radius 1 is 1.48 bits per heavy atom. The summed E-state index contributed by atoms with van der Waals surface area (Å²) >= 11 is 6.74. The van der Waals surface area contributed by atoms with Crippen LogP contribution < -0.4 is 5.56 Å². The highest BCUT2D eigenvalue weighted by atomic mass is 32.1. The molecule has 5 nitrogen and oxygen atoms in total. The van der Waals surface area contributed by atoms with Crippen LogP contribution in [0.4, 0.5) is 0 Å². The van der Waals surface area contributed by atoms with Gasteiger partial charge in [0.05, 0.1) is 11.5 Å². The lowest BCUT2D eigenvalue weighted by Crippen LogP contribution is -2.31. The van der Waals surface area contributed by atoms with Crippen molar-refractivity contribution < 1.29 is 9.53 Å². The molecule has 0 saturated heterocycles. The number of carbonyl (C=O) groups is 1. The summed E-state index contributed by atoms with van der Waals surface area (Å²) in [5.41, 5.74) is -0.252. The zero-order chi connectivity index (χ0) is 15.7. The number of aromatic amines is 1. The van der Waals surface area contributed by atoms with Gasteiger partial charge in [-0.15, -0.1) is 11.3 Å². The summed E-state index contributed by atoms with van der Waals surface area (Å²) in [6.45, 7) is 7.18. The summed E-state index contributed by atoms with van der Waals surface area (Å²) < 4.78 is 6.69. The highest BCUT2D eigenvalue weighted by Crippen LogP contribution is 2.22. The Morgan fingerprint density at radius 3 is 2.71 bits per heavy atom. The van der Waals surface area contributed by atoms with E-state index in [2.05, 4.69) is 4.98 Å². The molecule has 2 rings (SSSR count). The van der Waals surface area contributed by atoms with Crippen LogP contribution in [-0.2, 0) is 16.0 Å². The molecule has 1 N–H and O–H groups in total. The molecule has 0 fully saturated rings. The second-order valence-corrected chi connectivity index (χ2v) is 6.60. The summed E-state index contributed by atoms with van der Waals surface area (Å²) in [6.07, 6.45) is 0.620. The lowest BCUT2D eigenvalue weighted by Gasteiger charge is -2.16.